The van der Waals surface area contributed by atoms with Gasteiger partial charge in [0.15, 0.2) is 0 Å². The Bertz CT molecular complexity index is 423. The lowest BCUT2D eigenvalue weighted by molar-refractivity contribution is 0.145. The Balaban J connectivity index is 2.18. The second-order valence-electron chi connectivity index (χ2n) is 5.45. The summed E-state index contributed by atoms with van der Waals surface area (Å²) in [5, 5.41) is 0. The van der Waals surface area contributed by atoms with Gasteiger partial charge in [-0.25, -0.2) is 4.39 Å². The standard InChI is InChI=1S/C15H23FN2O/c1-11(2)15-10-18(8-4-3-7-17)13-9-12(16)5-6-14(13)19-15/h5-6,9,11,15H,3-4,7-8,10,17H2,1-2H3. The number of rotatable bonds is 5. The molecule has 1 unspecified atom stereocenters. The van der Waals surface area contributed by atoms with Crippen molar-refractivity contribution >= 4 is 5.69 Å². The maximum absolute atomic E-state index is 13.4. The Morgan fingerprint density at radius 2 is 2.21 bits per heavy atom. The van der Waals surface area contributed by atoms with E-state index in [-0.39, 0.29) is 11.9 Å². The largest absolute Gasteiger partial charge is 0.486 e. The minimum Gasteiger partial charge on any atom is -0.486 e. The first-order valence-corrected chi connectivity index (χ1v) is 7.03. The maximum Gasteiger partial charge on any atom is 0.143 e. The summed E-state index contributed by atoms with van der Waals surface area (Å²) < 4.78 is 19.4. The van der Waals surface area contributed by atoms with Crippen LogP contribution in [0.4, 0.5) is 10.1 Å². The van der Waals surface area contributed by atoms with Crippen molar-refractivity contribution in [2.24, 2.45) is 11.7 Å². The monoisotopic (exact) mass is 266 g/mol. The van der Waals surface area contributed by atoms with Gasteiger partial charge in [-0.15, -0.1) is 0 Å². The van der Waals surface area contributed by atoms with E-state index >= 15 is 0 Å². The minimum atomic E-state index is -0.214. The lowest BCUT2D eigenvalue weighted by Gasteiger charge is -2.38. The fourth-order valence-corrected chi connectivity index (χ4v) is 2.36. The summed E-state index contributed by atoms with van der Waals surface area (Å²) in [4.78, 5) is 2.22. The van der Waals surface area contributed by atoms with Gasteiger partial charge in [0.1, 0.15) is 17.7 Å². The molecule has 4 heteroatoms. The third kappa shape index (κ3) is 3.38. The van der Waals surface area contributed by atoms with Gasteiger partial charge < -0.3 is 15.4 Å². The molecule has 0 radical (unpaired) electrons. The number of hydrogen-bond acceptors (Lipinski definition) is 3. The average Bonchev–Trinajstić information content (AvgIpc) is 2.39. The van der Waals surface area contributed by atoms with Gasteiger partial charge in [0.05, 0.1) is 12.2 Å². The van der Waals surface area contributed by atoms with E-state index in [1.165, 1.54) is 6.07 Å². The molecule has 1 atom stereocenters. The highest BCUT2D eigenvalue weighted by Gasteiger charge is 2.27. The van der Waals surface area contributed by atoms with Crippen LogP contribution in [0.3, 0.4) is 0 Å². The van der Waals surface area contributed by atoms with Crippen LogP contribution in [0, 0.1) is 11.7 Å². The van der Waals surface area contributed by atoms with Crippen molar-refractivity contribution < 1.29 is 9.13 Å². The highest BCUT2D eigenvalue weighted by Crippen LogP contribution is 2.35. The van der Waals surface area contributed by atoms with Crippen LogP contribution < -0.4 is 15.4 Å². The maximum atomic E-state index is 13.4. The van der Waals surface area contributed by atoms with E-state index in [9.17, 15) is 4.39 Å². The van der Waals surface area contributed by atoms with Crippen molar-refractivity contribution in [3.8, 4) is 5.75 Å². The Morgan fingerprint density at radius 3 is 2.89 bits per heavy atom. The van der Waals surface area contributed by atoms with E-state index in [0.717, 1.165) is 37.4 Å². The van der Waals surface area contributed by atoms with Crippen LogP contribution in [0.15, 0.2) is 18.2 Å². The molecule has 2 N–H and O–H groups in total. The number of nitrogens with two attached hydrogens (primary N) is 1. The topological polar surface area (TPSA) is 38.5 Å². The number of fused-ring (bicyclic) bond motifs is 1. The zero-order valence-corrected chi connectivity index (χ0v) is 11.7. The highest BCUT2D eigenvalue weighted by molar-refractivity contribution is 5.60. The van der Waals surface area contributed by atoms with Crippen molar-refractivity contribution in [2.45, 2.75) is 32.8 Å². The molecule has 0 fully saturated rings. The van der Waals surface area contributed by atoms with Crippen molar-refractivity contribution in [1.29, 1.82) is 0 Å². The van der Waals surface area contributed by atoms with Crippen LogP contribution in [-0.4, -0.2) is 25.7 Å². The molecule has 2 rings (SSSR count). The fourth-order valence-electron chi connectivity index (χ4n) is 2.36. The van der Waals surface area contributed by atoms with E-state index < -0.39 is 0 Å². The second-order valence-corrected chi connectivity index (χ2v) is 5.45. The van der Waals surface area contributed by atoms with E-state index in [1.54, 1.807) is 12.1 Å². The number of anilines is 1. The van der Waals surface area contributed by atoms with Crippen LogP contribution in [0.25, 0.3) is 0 Å². The Labute approximate surface area is 114 Å². The first-order valence-electron chi connectivity index (χ1n) is 7.03. The minimum absolute atomic E-state index is 0.163. The van der Waals surface area contributed by atoms with Crippen LogP contribution in [0.2, 0.25) is 0 Å². The molecule has 3 nitrogen and oxygen atoms in total. The molecule has 0 amide bonds. The zero-order chi connectivity index (χ0) is 13.8. The van der Waals surface area contributed by atoms with Gasteiger partial charge in [0, 0.05) is 12.6 Å². The lowest BCUT2D eigenvalue weighted by Crippen LogP contribution is -2.43. The van der Waals surface area contributed by atoms with Crippen LogP contribution in [0.1, 0.15) is 26.7 Å². The van der Waals surface area contributed by atoms with Gasteiger partial charge in [0.2, 0.25) is 0 Å². The lowest BCUT2D eigenvalue weighted by atomic mass is 10.0. The molecule has 1 aromatic carbocycles. The van der Waals surface area contributed by atoms with Gasteiger partial charge in [-0.1, -0.05) is 13.8 Å². The smallest absolute Gasteiger partial charge is 0.143 e. The van der Waals surface area contributed by atoms with E-state index in [4.69, 9.17) is 10.5 Å². The number of ether oxygens (including phenoxy) is 1. The van der Waals surface area contributed by atoms with Gasteiger partial charge >= 0.3 is 0 Å². The molecule has 1 aliphatic heterocycles. The van der Waals surface area contributed by atoms with Crippen molar-refractivity contribution in [3.05, 3.63) is 24.0 Å². The van der Waals surface area contributed by atoms with Crippen molar-refractivity contribution in [1.82, 2.24) is 0 Å². The number of halogens is 1. The third-order valence-electron chi connectivity index (χ3n) is 3.57. The summed E-state index contributed by atoms with van der Waals surface area (Å²) in [7, 11) is 0. The van der Waals surface area contributed by atoms with Crippen LogP contribution in [0.5, 0.6) is 5.75 Å². The second kappa shape index (κ2) is 6.24. The van der Waals surface area contributed by atoms with Gasteiger partial charge in [0.25, 0.3) is 0 Å². The van der Waals surface area contributed by atoms with Gasteiger partial charge in [-0.3, -0.25) is 0 Å². The molecule has 106 valence electrons. The number of unbranched alkanes of at least 4 members (excludes halogenated alkanes) is 1. The molecule has 0 bridgehead atoms. The molecule has 0 saturated heterocycles. The summed E-state index contributed by atoms with van der Waals surface area (Å²) in [5.41, 5.74) is 6.40. The third-order valence-corrected chi connectivity index (χ3v) is 3.57. The molecular formula is C15H23FN2O. The normalized spacial score (nSPS) is 18.4. The number of hydrogen-bond donors (Lipinski definition) is 1. The first-order chi connectivity index (χ1) is 9.11. The van der Waals surface area contributed by atoms with Gasteiger partial charge in [-0.2, -0.15) is 0 Å². The molecular weight excluding hydrogens is 243 g/mol. The summed E-state index contributed by atoms with van der Waals surface area (Å²) in [5.74, 6) is 1.02. The fraction of sp³-hybridized carbons (Fsp3) is 0.600. The number of benzene rings is 1. The first kappa shape index (κ1) is 14.1. The molecule has 1 heterocycles. The number of nitrogens with zero attached hydrogens (tertiary/aromatic N) is 1. The van der Waals surface area contributed by atoms with E-state index in [0.29, 0.717) is 12.5 Å². The Morgan fingerprint density at radius 1 is 1.42 bits per heavy atom. The summed E-state index contributed by atoms with van der Waals surface area (Å²) >= 11 is 0. The van der Waals surface area contributed by atoms with Crippen LogP contribution in [-0.2, 0) is 0 Å². The highest BCUT2D eigenvalue weighted by atomic mass is 19.1. The van der Waals surface area contributed by atoms with E-state index in [1.807, 2.05) is 0 Å². The molecule has 1 aromatic rings. The molecule has 0 saturated carbocycles. The summed E-state index contributed by atoms with van der Waals surface area (Å²) in [6, 6.07) is 4.75. The predicted octanol–water partition coefficient (Wildman–Crippen LogP) is 2.79. The predicted molar refractivity (Wildman–Crippen MR) is 76.2 cm³/mol. The quantitative estimate of drug-likeness (QED) is 0.833. The molecule has 0 spiro atoms. The summed E-state index contributed by atoms with van der Waals surface area (Å²) in [6.07, 6.45) is 2.18. The van der Waals surface area contributed by atoms with Crippen molar-refractivity contribution in [3.63, 3.8) is 0 Å². The van der Waals surface area contributed by atoms with E-state index in [2.05, 4.69) is 18.7 Å². The van der Waals surface area contributed by atoms with Gasteiger partial charge in [-0.05, 0) is 37.4 Å². The van der Waals surface area contributed by atoms with Crippen molar-refractivity contribution in [2.75, 3.05) is 24.5 Å². The SMILES string of the molecule is CC(C)C1CN(CCCCN)c2cc(F)ccc2O1. The average molecular weight is 266 g/mol. The molecule has 0 aliphatic carbocycles. The zero-order valence-electron chi connectivity index (χ0n) is 11.7. The Hall–Kier alpha value is -1.29. The summed E-state index contributed by atoms with van der Waals surface area (Å²) in [6.45, 7) is 6.72. The molecule has 1 aliphatic rings. The van der Waals surface area contributed by atoms with Crippen LogP contribution >= 0.6 is 0 Å². The molecule has 19 heavy (non-hydrogen) atoms. The Kier molecular flexibility index (Phi) is 4.64. The molecule has 0 aromatic heterocycles.